The van der Waals surface area contributed by atoms with Crippen LogP contribution in [0.1, 0.15) is 62.1 Å². The summed E-state index contributed by atoms with van der Waals surface area (Å²) in [4.78, 5) is 21.2. The topological polar surface area (TPSA) is 107 Å². The SMILES string of the molecule is COCC1(CN(C)c2cc(-c3cnc(C4CC4)c(C(F)(F)F)c3)nc(N)c2[N+](=O)[O-])CCCCC1. The van der Waals surface area contributed by atoms with Gasteiger partial charge in [-0.3, -0.25) is 15.1 Å². The summed E-state index contributed by atoms with van der Waals surface area (Å²) in [6.07, 6.45) is 3.19. The summed E-state index contributed by atoms with van der Waals surface area (Å²) in [5, 5.41) is 11.9. The smallest absolute Gasteiger partial charge is 0.384 e. The summed E-state index contributed by atoms with van der Waals surface area (Å²) in [7, 11) is 3.37. The molecular formula is C24H30F3N5O3. The van der Waals surface area contributed by atoms with Gasteiger partial charge in [0.15, 0.2) is 0 Å². The molecular weight excluding hydrogens is 463 g/mol. The summed E-state index contributed by atoms with van der Waals surface area (Å²) in [5.74, 6) is -0.539. The van der Waals surface area contributed by atoms with Crippen LogP contribution >= 0.6 is 0 Å². The maximum atomic E-state index is 13.8. The second-order valence-corrected chi connectivity index (χ2v) is 9.80. The Balaban J connectivity index is 1.76. The van der Waals surface area contributed by atoms with Gasteiger partial charge in [0, 0.05) is 43.8 Å². The summed E-state index contributed by atoms with van der Waals surface area (Å²) in [6.45, 7) is 0.997. The second-order valence-electron chi connectivity index (χ2n) is 9.80. The van der Waals surface area contributed by atoms with E-state index in [2.05, 4.69) is 9.97 Å². The predicted octanol–water partition coefficient (Wildman–Crippen LogP) is 5.56. The van der Waals surface area contributed by atoms with Crippen molar-refractivity contribution in [3.8, 4) is 11.3 Å². The Morgan fingerprint density at radius 2 is 1.94 bits per heavy atom. The normalized spacial score (nSPS) is 17.9. The van der Waals surface area contributed by atoms with Crippen LogP contribution in [-0.2, 0) is 10.9 Å². The Labute approximate surface area is 201 Å². The summed E-state index contributed by atoms with van der Waals surface area (Å²) < 4.78 is 46.8. The molecule has 0 spiro atoms. The lowest BCUT2D eigenvalue weighted by molar-refractivity contribution is -0.383. The van der Waals surface area contributed by atoms with E-state index in [-0.39, 0.29) is 45.5 Å². The van der Waals surface area contributed by atoms with Gasteiger partial charge in [-0.2, -0.15) is 13.2 Å². The van der Waals surface area contributed by atoms with Gasteiger partial charge >= 0.3 is 11.9 Å². The molecule has 0 saturated heterocycles. The zero-order valence-electron chi connectivity index (χ0n) is 19.9. The molecule has 4 rings (SSSR count). The molecule has 2 aromatic heterocycles. The number of aromatic nitrogens is 2. The van der Waals surface area contributed by atoms with Crippen LogP contribution in [0.2, 0.25) is 0 Å². The molecule has 0 aliphatic heterocycles. The van der Waals surface area contributed by atoms with Crippen LogP contribution in [0.15, 0.2) is 18.3 Å². The molecule has 35 heavy (non-hydrogen) atoms. The summed E-state index contributed by atoms with van der Waals surface area (Å²) >= 11 is 0. The van der Waals surface area contributed by atoms with Gasteiger partial charge < -0.3 is 15.4 Å². The number of alkyl halides is 3. The minimum atomic E-state index is -4.57. The molecule has 0 aromatic carbocycles. The van der Waals surface area contributed by atoms with E-state index in [0.717, 1.165) is 38.2 Å². The van der Waals surface area contributed by atoms with Crippen molar-refractivity contribution >= 4 is 17.2 Å². The quantitative estimate of drug-likeness (QED) is 0.379. The van der Waals surface area contributed by atoms with Crippen molar-refractivity contribution in [1.82, 2.24) is 9.97 Å². The average Bonchev–Trinajstić information content (AvgIpc) is 3.63. The van der Waals surface area contributed by atoms with E-state index < -0.39 is 16.7 Å². The van der Waals surface area contributed by atoms with Crippen LogP contribution in [0.4, 0.5) is 30.4 Å². The molecule has 2 aromatic rings. The molecule has 11 heteroatoms. The first kappa shape index (κ1) is 25.2. The number of ether oxygens (including phenoxy) is 1. The van der Waals surface area contributed by atoms with Crippen LogP contribution < -0.4 is 10.6 Å². The maximum absolute atomic E-state index is 13.8. The molecule has 2 aliphatic rings. The molecule has 0 amide bonds. The van der Waals surface area contributed by atoms with Gasteiger partial charge in [0.1, 0.15) is 5.69 Å². The van der Waals surface area contributed by atoms with E-state index in [1.54, 1.807) is 19.1 Å². The molecule has 0 radical (unpaired) electrons. The van der Waals surface area contributed by atoms with Gasteiger partial charge in [-0.1, -0.05) is 19.3 Å². The Bertz CT molecular complexity index is 1090. The molecule has 8 nitrogen and oxygen atoms in total. The van der Waals surface area contributed by atoms with Gasteiger partial charge in [0.25, 0.3) is 0 Å². The number of halogens is 3. The number of hydrogen-bond acceptors (Lipinski definition) is 7. The number of pyridine rings is 2. The van der Waals surface area contributed by atoms with Crippen molar-refractivity contribution in [3.05, 3.63) is 39.7 Å². The van der Waals surface area contributed by atoms with E-state index in [4.69, 9.17) is 10.5 Å². The van der Waals surface area contributed by atoms with Crippen molar-refractivity contribution in [3.63, 3.8) is 0 Å². The van der Waals surface area contributed by atoms with Crippen LogP contribution in [0.25, 0.3) is 11.3 Å². The number of nitrogen functional groups attached to an aromatic ring is 1. The number of hydrogen-bond donors (Lipinski definition) is 1. The summed E-state index contributed by atoms with van der Waals surface area (Å²) in [5.41, 5.74) is 5.12. The first-order valence-corrected chi connectivity index (χ1v) is 11.8. The van der Waals surface area contributed by atoms with Crippen molar-refractivity contribution in [2.75, 3.05) is 37.9 Å². The molecule has 2 saturated carbocycles. The minimum absolute atomic E-state index is 0.0345. The van der Waals surface area contributed by atoms with Crippen LogP contribution in [0.3, 0.4) is 0 Å². The third kappa shape index (κ3) is 5.34. The fourth-order valence-electron chi connectivity index (χ4n) is 5.24. The van der Waals surface area contributed by atoms with Gasteiger partial charge in [0.05, 0.1) is 28.5 Å². The number of nitrogens with zero attached hydrogens (tertiary/aromatic N) is 4. The van der Waals surface area contributed by atoms with E-state index in [0.29, 0.717) is 26.0 Å². The standard InChI is InChI=1S/C24H30F3N5O3/c1-31(13-23(14-35-2)8-4-3-5-9-23)19-11-18(30-22(28)21(19)32(33)34)16-10-17(24(25,26)27)20(29-12-16)15-6-7-15/h10-12,15H,3-9,13-14H2,1-2H3,(H2,28,30). The number of nitrogens with two attached hydrogens (primary N) is 1. The van der Waals surface area contributed by atoms with E-state index in [1.165, 1.54) is 12.3 Å². The molecule has 2 fully saturated rings. The molecule has 0 atom stereocenters. The molecule has 2 heterocycles. The molecule has 0 bridgehead atoms. The Hall–Kier alpha value is -2.95. The van der Waals surface area contributed by atoms with Gasteiger partial charge in [-0.05, 0) is 37.8 Å². The monoisotopic (exact) mass is 493 g/mol. The molecule has 2 N–H and O–H groups in total. The van der Waals surface area contributed by atoms with E-state index in [9.17, 15) is 23.3 Å². The highest BCUT2D eigenvalue weighted by atomic mass is 19.4. The highest BCUT2D eigenvalue weighted by molar-refractivity contribution is 5.78. The Morgan fingerprint density at radius 1 is 1.26 bits per heavy atom. The molecule has 2 aliphatic carbocycles. The average molecular weight is 494 g/mol. The fourth-order valence-corrected chi connectivity index (χ4v) is 5.24. The van der Waals surface area contributed by atoms with Crippen LogP contribution in [0.5, 0.6) is 0 Å². The largest absolute Gasteiger partial charge is 0.418 e. The third-order valence-corrected chi connectivity index (χ3v) is 7.01. The predicted molar refractivity (Wildman–Crippen MR) is 126 cm³/mol. The highest BCUT2D eigenvalue weighted by Crippen LogP contribution is 2.46. The van der Waals surface area contributed by atoms with Crippen LogP contribution in [-0.4, -0.2) is 42.2 Å². The lowest BCUT2D eigenvalue weighted by atomic mass is 9.74. The van der Waals surface area contributed by atoms with Crippen molar-refractivity contribution < 1.29 is 22.8 Å². The zero-order chi connectivity index (χ0) is 25.4. The van der Waals surface area contributed by atoms with Crippen molar-refractivity contribution in [2.24, 2.45) is 5.41 Å². The lowest BCUT2D eigenvalue weighted by Gasteiger charge is -2.40. The number of nitro groups is 1. The second kappa shape index (κ2) is 9.60. The van der Waals surface area contributed by atoms with Crippen molar-refractivity contribution in [2.45, 2.75) is 57.0 Å². The third-order valence-electron chi connectivity index (χ3n) is 7.01. The zero-order valence-corrected chi connectivity index (χ0v) is 19.9. The van der Waals surface area contributed by atoms with E-state index in [1.807, 2.05) is 0 Å². The molecule has 0 unspecified atom stereocenters. The number of methoxy groups -OCH3 is 1. The van der Waals surface area contributed by atoms with Crippen molar-refractivity contribution in [1.29, 1.82) is 0 Å². The maximum Gasteiger partial charge on any atom is 0.418 e. The first-order chi connectivity index (χ1) is 16.5. The van der Waals surface area contributed by atoms with Crippen LogP contribution in [0, 0.1) is 15.5 Å². The lowest BCUT2D eigenvalue weighted by Crippen LogP contribution is -2.41. The van der Waals surface area contributed by atoms with Gasteiger partial charge in [0.2, 0.25) is 5.82 Å². The van der Waals surface area contributed by atoms with Gasteiger partial charge in [-0.25, -0.2) is 4.98 Å². The minimum Gasteiger partial charge on any atom is -0.384 e. The van der Waals surface area contributed by atoms with Gasteiger partial charge in [-0.15, -0.1) is 0 Å². The summed E-state index contributed by atoms with van der Waals surface area (Å²) in [6, 6.07) is 2.46. The highest BCUT2D eigenvalue weighted by Gasteiger charge is 2.40. The molecule has 190 valence electrons. The van der Waals surface area contributed by atoms with E-state index >= 15 is 0 Å². The number of rotatable bonds is 8. The Kier molecular flexibility index (Phi) is 6.90. The fraction of sp³-hybridized carbons (Fsp3) is 0.583. The Morgan fingerprint density at radius 3 is 2.51 bits per heavy atom. The number of anilines is 2. The first-order valence-electron chi connectivity index (χ1n) is 11.8.